The van der Waals surface area contributed by atoms with Crippen LogP contribution in [0.1, 0.15) is 25.7 Å². The first-order valence-corrected chi connectivity index (χ1v) is 7.24. The van der Waals surface area contributed by atoms with Crippen LogP contribution in [0.15, 0.2) is 0 Å². The van der Waals surface area contributed by atoms with Gasteiger partial charge in [-0.15, -0.1) is 0 Å². The van der Waals surface area contributed by atoms with Gasteiger partial charge in [0.15, 0.2) is 0 Å². The topological polar surface area (TPSA) is 78.4 Å². The summed E-state index contributed by atoms with van der Waals surface area (Å²) in [4.78, 5) is 22.6. The summed E-state index contributed by atoms with van der Waals surface area (Å²) in [7, 11) is 0. The number of carbonyl (C=O) groups excluding carboxylic acids is 1. The van der Waals surface area contributed by atoms with E-state index in [-0.39, 0.29) is 12.6 Å². The highest BCUT2D eigenvalue weighted by molar-refractivity contribution is 7.98. The lowest BCUT2D eigenvalue weighted by atomic mass is 9.86. The van der Waals surface area contributed by atoms with Crippen molar-refractivity contribution in [3.63, 3.8) is 0 Å². The minimum absolute atomic E-state index is 0.230. The Morgan fingerprint density at radius 3 is 2.47 bits per heavy atom. The number of carboxylic acids is 1. The summed E-state index contributed by atoms with van der Waals surface area (Å²) in [5.41, 5.74) is -0.739. The fourth-order valence-corrected chi connectivity index (χ4v) is 2.40. The number of thioether (sulfide) groups is 1. The maximum atomic E-state index is 11.4. The highest BCUT2D eigenvalue weighted by atomic mass is 32.2. The first kappa shape index (κ1) is 14.2. The third-order valence-corrected chi connectivity index (χ3v) is 3.81. The molecule has 0 radical (unpaired) electrons. The summed E-state index contributed by atoms with van der Waals surface area (Å²) in [6.07, 6.45) is 5.16. The van der Waals surface area contributed by atoms with Crippen molar-refractivity contribution in [3.8, 4) is 0 Å². The lowest BCUT2D eigenvalue weighted by Gasteiger charge is -2.23. The van der Waals surface area contributed by atoms with E-state index in [1.54, 1.807) is 11.8 Å². The second-order valence-corrected chi connectivity index (χ2v) is 5.38. The molecule has 0 spiro atoms. The highest BCUT2D eigenvalue weighted by Crippen LogP contribution is 2.37. The Hall–Kier alpha value is -0.910. The molecular formula is C11H20N2O3S. The molecule has 1 fully saturated rings. The van der Waals surface area contributed by atoms with Crippen molar-refractivity contribution in [1.82, 2.24) is 10.6 Å². The molecule has 0 aliphatic heterocycles. The van der Waals surface area contributed by atoms with Gasteiger partial charge in [-0.05, 0) is 19.1 Å². The van der Waals surface area contributed by atoms with E-state index in [4.69, 9.17) is 0 Å². The minimum atomic E-state index is -0.792. The van der Waals surface area contributed by atoms with Crippen molar-refractivity contribution in [2.24, 2.45) is 5.41 Å². The number of carbonyl (C=O) groups is 2. The van der Waals surface area contributed by atoms with Crippen molar-refractivity contribution in [3.05, 3.63) is 0 Å². The molecule has 3 N–H and O–H groups in total. The summed E-state index contributed by atoms with van der Waals surface area (Å²) in [6.45, 7) is 0.834. The Balaban J connectivity index is 2.32. The number of aliphatic carboxylic acids is 1. The molecule has 2 amide bonds. The van der Waals surface area contributed by atoms with E-state index in [0.29, 0.717) is 19.4 Å². The monoisotopic (exact) mass is 260 g/mol. The molecule has 98 valence electrons. The van der Waals surface area contributed by atoms with Crippen molar-refractivity contribution < 1.29 is 14.7 Å². The van der Waals surface area contributed by atoms with Crippen LogP contribution in [0.25, 0.3) is 0 Å². The Kier molecular flexibility index (Phi) is 5.61. The summed E-state index contributed by atoms with van der Waals surface area (Å²) >= 11 is 1.65. The summed E-state index contributed by atoms with van der Waals surface area (Å²) in [5, 5.41) is 14.6. The third kappa shape index (κ3) is 4.11. The Morgan fingerprint density at radius 2 is 1.94 bits per heavy atom. The van der Waals surface area contributed by atoms with Crippen molar-refractivity contribution in [2.75, 3.05) is 25.1 Å². The molecule has 0 atom stereocenters. The smallest absolute Gasteiger partial charge is 0.314 e. The Morgan fingerprint density at radius 1 is 1.29 bits per heavy atom. The standard InChI is InChI=1S/C11H20N2O3S/c1-17-7-6-12-10(16)13-8-11(9(14)15)4-2-3-5-11/h2-8H2,1H3,(H,14,15)(H2,12,13,16). The molecule has 1 aliphatic rings. The number of hydrogen-bond acceptors (Lipinski definition) is 3. The van der Waals surface area contributed by atoms with Gasteiger partial charge in [0, 0.05) is 18.8 Å². The first-order chi connectivity index (χ1) is 8.10. The molecular weight excluding hydrogens is 240 g/mol. The van der Waals surface area contributed by atoms with Crippen molar-refractivity contribution in [1.29, 1.82) is 0 Å². The predicted octanol–water partition coefficient (Wildman–Crippen LogP) is 1.29. The predicted molar refractivity (Wildman–Crippen MR) is 68.3 cm³/mol. The molecule has 1 rings (SSSR count). The average Bonchev–Trinajstić information content (AvgIpc) is 2.77. The molecule has 5 nitrogen and oxygen atoms in total. The number of amides is 2. The van der Waals surface area contributed by atoms with Crippen molar-refractivity contribution in [2.45, 2.75) is 25.7 Å². The van der Waals surface area contributed by atoms with Crippen LogP contribution in [-0.4, -0.2) is 42.2 Å². The van der Waals surface area contributed by atoms with Gasteiger partial charge >= 0.3 is 12.0 Å². The molecule has 6 heteroatoms. The van der Waals surface area contributed by atoms with Crippen LogP contribution in [0.3, 0.4) is 0 Å². The van der Waals surface area contributed by atoms with Gasteiger partial charge in [0.05, 0.1) is 5.41 Å². The molecule has 0 saturated heterocycles. The number of carboxylic acid groups (broad SMARTS) is 1. The zero-order valence-corrected chi connectivity index (χ0v) is 10.9. The molecule has 1 saturated carbocycles. The summed E-state index contributed by atoms with van der Waals surface area (Å²) in [5.74, 6) is 0.0664. The fourth-order valence-electron chi connectivity index (χ4n) is 2.10. The van der Waals surface area contributed by atoms with Gasteiger partial charge in [-0.3, -0.25) is 4.79 Å². The normalized spacial score (nSPS) is 17.7. The summed E-state index contributed by atoms with van der Waals surface area (Å²) in [6, 6.07) is -0.272. The molecule has 0 heterocycles. The third-order valence-electron chi connectivity index (χ3n) is 3.19. The molecule has 0 unspecified atom stereocenters. The number of rotatable bonds is 6. The Bertz CT molecular complexity index is 278. The van der Waals surface area contributed by atoms with E-state index in [1.807, 2.05) is 6.26 Å². The zero-order valence-electron chi connectivity index (χ0n) is 10.1. The van der Waals surface area contributed by atoms with Gasteiger partial charge < -0.3 is 15.7 Å². The van der Waals surface area contributed by atoms with Crippen LogP contribution in [-0.2, 0) is 4.79 Å². The SMILES string of the molecule is CSCCNC(=O)NCC1(C(=O)O)CCCC1. The van der Waals surface area contributed by atoms with Gasteiger partial charge in [-0.25, -0.2) is 4.79 Å². The zero-order chi connectivity index (χ0) is 12.7. The van der Waals surface area contributed by atoms with Crippen LogP contribution in [0.5, 0.6) is 0 Å². The van der Waals surface area contributed by atoms with Gasteiger partial charge in [0.1, 0.15) is 0 Å². The van der Waals surface area contributed by atoms with E-state index >= 15 is 0 Å². The number of hydrogen-bond donors (Lipinski definition) is 3. The molecule has 0 aromatic carbocycles. The van der Waals surface area contributed by atoms with Crippen LogP contribution >= 0.6 is 11.8 Å². The molecule has 0 aromatic rings. The highest BCUT2D eigenvalue weighted by Gasteiger charge is 2.41. The van der Waals surface area contributed by atoms with Crippen LogP contribution in [0, 0.1) is 5.41 Å². The molecule has 0 aromatic heterocycles. The van der Waals surface area contributed by atoms with E-state index in [0.717, 1.165) is 18.6 Å². The molecule has 17 heavy (non-hydrogen) atoms. The van der Waals surface area contributed by atoms with E-state index in [1.165, 1.54) is 0 Å². The van der Waals surface area contributed by atoms with E-state index in [2.05, 4.69) is 10.6 Å². The first-order valence-electron chi connectivity index (χ1n) is 5.85. The largest absolute Gasteiger partial charge is 0.481 e. The molecule has 0 bridgehead atoms. The van der Waals surface area contributed by atoms with Gasteiger partial charge in [-0.2, -0.15) is 11.8 Å². The number of nitrogens with one attached hydrogen (secondary N) is 2. The van der Waals surface area contributed by atoms with Crippen molar-refractivity contribution >= 4 is 23.8 Å². The average molecular weight is 260 g/mol. The minimum Gasteiger partial charge on any atom is -0.481 e. The second-order valence-electron chi connectivity index (χ2n) is 4.39. The molecule has 1 aliphatic carbocycles. The van der Waals surface area contributed by atoms with Gasteiger partial charge in [0.2, 0.25) is 0 Å². The van der Waals surface area contributed by atoms with Crippen LogP contribution < -0.4 is 10.6 Å². The number of urea groups is 1. The van der Waals surface area contributed by atoms with Crippen LogP contribution in [0.4, 0.5) is 4.79 Å². The quantitative estimate of drug-likeness (QED) is 0.629. The van der Waals surface area contributed by atoms with E-state index in [9.17, 15) is 14.7 Å². The lowest BCUT2D eigenvalue weighted by molar-refractivity contribution is -0.148. The summed E-state index contributed by atoms with van der Waals surface area (Å²) < 4.78 is 0. The Labute approximate surface area is 106 Å². The lowest BCUT2D eigenvalue weighted by Crippen LogP contribution is -2.45. The van der Waals surface area contributed by atoms with E-state index < -0.39 is 11.4 Å². The maximum Gasteiger partial charge on any atom is 0.314 e. The second kappa shape index (κ2) is 6.74. The van der Waals surface area contributed by atoms with Crippen LogP contribution in [0.2, 0.25) is 0 Å². The fraction of sp³-hybridized carbons (Fsp3) is 0.818. The maximum absolute atomic E-state index is 11.4. The van der Waals surface area contributed by atoms with Gasteiger partial charge in [0.25, 0.3) is 0 Å². The van der Waals surface area contributed by atoms with Gasteiger partial charge in [-0.1, -0.05) is 12.8 Å².